The molecule has 7 heteroatoms. The number of aromatic nitrogens is 1. The molecule has 0 aliphatic rings. The SMILES string of the molecule is N#Cc1c(F)cccc1NC(=O)c1ccc(C(=O)O)cn1. The van der Waals surface area contributed by atoms with Gasteiger partial charge in [0.2, 0.25) is 0 Å². The molecule has 0 unspecified atom stereocenters. The highest BCUT2D eigenvalue weighted by Crippen LogP contribution is 2.18. The van der Waals surface area contributed by atoms with Crippen LogP contribution < -0.4 is 5.32 Å². The monoisotopic (exact) mass is 285 g/mol. The molecule has 0 radical (unpaired) electrons. The number of halogens is 1. The summed E-state index contributed by atoms with van der Waals surface area (Å²) in [5, 5.41) is 19.9. The summed E-state index contributed by atoms with van der Waals surface area (Å²) in [6.07, 6.45) is 1.04. The molecule has 1 heterocycles. The number of carbonyl (C=O) groups is 2. The van der Waals surface area contributed by atoms with Crippen LogP contribution in [0.4, 0.5) is 10.1 Å². The Morgan fingerprint density at radius 2 is 2.05 bits per heavy atom. The van der Waals surface area contributed by atoms with E-state index in [1.165, 1.54) is 24.3 Å². The lowest BCUT2D eigenvalue weighted by molar-refractivity contribution is 0.0696. The molecule has 1 amide bonds. The highest BCUT2D eigenvalue weighted by Gasteiger charge is 2.13. The second kappa shape index (κ2) is 5.79. The van der Waals surface area contributed by atoms with Gasteiger partial charge in [-0.3, -0.25) is 9.78 Å². The molecule has 104 valence electrons. The van der Waals surface area contributed by atoms with Crippen LogP contribution in [0.1, 0.15) is 26.4 Å². The molecule has 0 aliphatic heterocycles. The summed E-state index contributed by atoms with van der Waals surface area (Å²) in [5.41, 5.74) is -0.372. The maximum absolute atomic E-state index is 13.4. The molecule has 2 N–H and O–H groups in total. The Kier molecular flexibility index (Phi) is 3.90. The van der Waals surface area contributed by atoms with Crippen molar-refractivity contribution < 1.29 is 19.1 Å². The fraction of sp³-hybridized carbons (Fsp3) is 0. The minimum atomic E-state index is -1.16. The number of benzene rings is 1. The summed E-state index contributed by atoms with van der Waals surface area (Å²) in [5.74, 6) is -2.58. The lowest BCUT2D eigenvalue weighted by atomic mass is 10.1. The Labute approximate surface area is 118 Å². The van der Waals surface area contributed by atoms with Crippen molar-refractivity contribution in [2.75, 3.05) is 5.32 Å². The van der Waals surface area contributed by atoms with E-state index in [4.69, 9.17) is 10.4 Å². The summed E-state index contributed by atoms with van der Waals surface area (Å²) in [7, 11) is 0. The summed E-state index contributed by atoms with van der Waals surface area (Å²) in [4.78, 5) is 26.3. The van der Waals surface area contributed by atoms with Gasteiger partial charge in [0.15, 0.2) is 0 Å². The molecule has 2 aromatic rings. The number of anilines is 1. The van der Waals surface area contributed by atoms with Crippen LogP contribution in [-0.2, 0) is 0 Å². The smallest absolute Gasteiger partial charge is 0.337 e. The van der Waals surface area contributed by atoms with E-state index in [9.17, 15) is 14.0 Å². The van der Waals surface area contributed by atoms with Gasteiger partial charge in [0.25, 0.3) is 5.91 Å². The van der Waals surface area contributed by atoms with Gasteiger partial charge >= 0.3 is 5.97 Å². The Morgan fingerprint density at radius 3 is 2.62 bits per heavy atom. The van der Waals surface area contributed by atoms with Gasteiger partial charge in [0.05, 0.1) is 11.3 Å². The number of carboxylic acid groups (broad SMARTS) is 1. The third-order valence-electron chi connectivity index (χ3n) is 2.62. The number of amides is 1. The first-order valence-electron chi connectivity index (χ1n) is 5.72. The number of nitriles is 1. The van der Waals surface area contributed by atoms with Crippen LogP contribution in [0.2, 0.25) is 0 Å². The minimum Gasteiger partial charge on any atom is -0.478 e. The number of aromatic carboxylic acids is 1. The van der Waals surface area contributed by atoms with Crippen molar-refractivity contribution >= 4 is 17.6 Å². The van der Waals surface area contributed by atoms with Crippen LogP contribution in [0.15, 0.2) is 36.5 Å². The first-order valence-corrected chi connectivity index (χ1v) is 5.72. The maximum Gasteiger partial charge on any atom is 0.337 e. The Morgan fingerprint density at radius 1 is 1.29 bits per heavy atom. The lowest BCUT2D eigenvalue weighted by Gasteiger charge is -2.07. The van der Waals surface area contributed by atoms with Crippen LogP contribution in [0.5, 0.6) is 0 Å². The molecule has 0 saturated heterocycles. The van der Waals surface area contributed by atoms with Crippen molar-refractivity contribution in [2.24, 2.45) is 0 Å². The molecule has 6 nitrogen and oxygen atoms in total. The minimum absolute atomic E-state index is 0.0200. The van der Waals surface area contributed by atoms with Gasteiger partial charge in [-0.15, -0.1) is 0 Å². The van der Waals surface area contributed by atoms with E-state index in [0.29, 0.717) is 0 Å². The molecule has 2 rings (SSSR count). The van der Waals surface area contributed by atoms with Gasteiger partial charge in [-0.2, -0.15) is 5.26 Å². The fourth-order valence-electron chi connectivity index (χ4n) is 1.58. The Hall–Kier alpha value is -3.27. The van der Waals surface area contributed by atoms with Gasteiger partial charge < -0.3 is 10.4 Å². The van der Waals surface area contributed by atoms with Gasteiger partial charge in [-0.25, -0.2) is 9.18 Å². The molecule has 0 aliphatic carbocycles. The van der Waals surface area contributed by atoms with E-state index < -0.39 is 17.7 Å². The molecule has 21 heavy (non-hydrogen) atoms. The normalized spacial score (nSPS) is 9.71. The van der Waals surface area contributed by atoms with Crippen LogP contribution in [0, 0.1) is 17.1 Å². The number of carboxylic acids is 1. The first-order chi connectivity index (χ1) is 10.0. The maximum atomic E-state index is 13.4. The zero-order valence-electron chi connectivity index (χ0n) is 10.5. The summed E-state index contributed by atoms with van der Waals surface area (Å²) in [6, 6.07) is 7.95. The highest BCUT2D eigenvalue weighted by molar-refractivity contribution is 6.03. The van der Waals surface area contributed by atoms with Crippen LogP contribution in [0.25, 0.3) is 0 Å². The third kappa shape index (κ3) is 3.01. The molecule has 0 fully saturated rings. The second-order valence-corrected chi connectivity index (χ2v) is 3.97. The van der Waals surface area contributed by atoms with Gasteiger partial charge in [0, 0.05) is 6.20 Å². The largest absolute Gasteiger partial charge is 0.478 e. The number of nitrogens with one attached hydrogen (secondary N) is 1. The quantitative estimate of drug-likeness (QED) is 0.898. The zero-order valence-corrected chi connectivity index (χ0v) is 10.5. The molecular formula is C14H8FN3O3. The molecule has 0 atom stereocenters. The number of hydrogen-bond acceptors (Lipinski definition) is 4. The molecule has 0 bridgehead atoms. The van der Waals surface area contributed by atoms with E-state index >= 15 is 0 Å². The number of pyridine rings is 1. The number of carbonyl (C=O) groups excluding carboxylic acids is 1. The Balaban J connectivity index is 2.25. The molecule has 0 spiro atoms. The van der Waals surface area contributed by atoms with E-state index in [2.05, 4.69) is 10.3 Å². The van der Waals surface area contributed by atoms with E-state index in [1.54, 1.807) is 6.07 Å². The first kappa shape index (κ1) is 14.1. The average molecular weight is 285 g/mol. The van der Waals surface area contributed by atoms with Gasteiger partial charge in [0.1, 0.15) is 23.1 Å². The van der Waals surface area contributed by atoms with Crippen LogP contribution in [0.3, 0.4) is 0 Å². The van der Waals surface area contributed by atoms with Gasteiger partial charge in [-0.1, -0.05) is 6.07 Å². The fourth-order valence-corrected chi connectivity index (χ4v) is 1.58. The number of nitrogens with zero attached hydrogens (tertiary/aromatic N) is 2. The van der Waals surface area contributed by atoms with E-state index in [0.717, 1.165) is 12.3 Å². The Bertz CT molecular complexity index is 751. The molecule has 1 aromatic carbocycles. The van der Waals surface area contributed by atoms with Crippen LogP contribution >= 0.6 is 0 Å². The number of hydrogen-bond donors (Lipinski definition) is 2. The van der Waals surface area contributed by atoms with Crippen molar-refractivity contribution in [3.05, 3.63) is 59.2 Å². The molecule has 0 saturated carbocycles. The summed E-state index contributed by atoms with van der Waals surface area (Å²) >= 11 is 0. The third-order valence-corrected chi connectivity index (χ3v) is 2.62. The van der Waals surface area contributed by atoms with Crippen LogP contribution in [-0.4, -0.2) is 22.0 Å². The van der Waals surface area contributed by atoms with Crippen molar-refractivity contribution in [3.63, 3.8) is 0 Å². The summed E-state index contributed by atoms with van der Waals surface area (Å²) < 4.78 is 13.4. The number of rotatable bonds is 3. The van der Waals surface area contributed by atoms with Crippen molar-refractivity contribution in [1.82, 2.24) is 4.98 Å². The second-order valence-electron chi connectivity index (χ2n) is 3.97. The summed E-state index contributed by atoms with van der Waals surface area (Å²) in [6.45, 7) is 0. The van der Waals surface area contributed by atoms with Gasteiger partial charge in [-0.05, 0) is 24.3 Å². The van der Waals surface area contributed by atoms with Crippen molar-refractivity contribution in [1.29, 1.82) is 5.26 Å². The average Bonchev–Trinajstić information content (AvgIpc) is 2.47. The molecule has 1 aromatic heterocycles. The predicted molar refractivity (Wildman–Crippen MR) is 70.3 cm³/mol. The predicted octanol–water partition coefficient (Wildman–Crippen LogP) is 2.04. The van der Waals surface area contributed by atoms with Crippen molar-refractivity contribution in [2.45, 2.75) is 0 Å². The van der Waals surface area contributed by atoms with Crippen molar-refractivity contribution in [3.8, 4) is 6.07 Å². The standard InChI is InChI=1S/C14H8FN3O3/c15-10-2-1-3-11(9(10)6-16)18-13(19)12-5-4-8(7-17-12)14(20)21/h1-5,7H,(H,18,19)(H,20,21). The zero-order chi connectivity index (χ0) is 15.4. The van der Waals surface area contributed by atoms with E-state index in [-0.39, 0.29) is 22.5 Å². The lowest BCUT2D eigenvalue weighted by Crippen LogP contribution is -2.15. The molecular weight excluding hydrogens is 277 g/mol. The van der Waals surface area contributed by atoms with E-state index in [1.807, 2.05) is 0 Å². The topological polar surface area (TPSA) is 103 Å². The highest BCUT2D eigenvalue weighted by atomic mass is 19.1.